The Bertz CT molecular complexity index is 373. The molecule has 94 valence electrons. The van der Waals surface area contributed by atoms with E-state index in [4.69, 9.17) is 4.74 Å². The summed E-state index contributed by atoms with van der Waals surface area (Å²) >= 11 is 0. The minimum atomic E-state index is -0.609. The summed E-state index contributed by atoms with van der Waals surface area (Å²) < 4.78 is 6.71. The normalized spacial score (nSPS) is 18.7. The van der Waals surface area contributed by atoms with Gasteiger partial charge in [0.2, 0.25) is 0 Å². The fraction of sp³-hybridized carbons (Fsp3) is 0.667. The van der Waals surface area contributed by atoms with Gasteiger partial charge in [-0.3, -0.25) is 14.8 Å². The molecule has 1 saturated carbocycles. The molecule has 1 heterocycles. The van der Waals surface area contributed by atoms with Crippen molar-refractivity contribution in [3.05, 3.63) is 18.5 Å². The Balaban J connectivity index is 1.96. The molecule has 0 bridgehead atoms. The maximum absolute atomic E-state index is 11.8. The molecule has 1 aliphatic rings. The number of methoxy groups -OCH3 is 1. The van der Waals surface area contributed by atoms with E-state index >= 15 is 0 Å². The highest BCUT2D eigenvalue weighted by Crippen LogP contribution is 2.25. The van der Waals surface area contributed by atoms with Crippen molar-refractivity contribution in [2.24, 2.45) is 0 Å². The zero-order valence-electron chi connectivity index (χ0n) is 10.3. The molecular formula is C12H19N3O2. The van der Waals surface area contributed by atoms with Crippen LogP contribution in [0.15, 0.2) is 18.5 Å². The molecule has 1 aromatic rings. The number of aromatic nitrogens is 2. The Morgan fingerprint density at radius 3 is 2.94 bits per heavy atom. The topological polar surface area (TPSA) is 56.2 Å². The quantitative estimate of drug-likeness (QED) is 0.749. The second-order valence-corrected chi connectivity index (χ2v) is 4.76. The van der Waals surface area contributed by atoms with Gasteiger partial charge in [-0.1, -0.05) is 0 Å². The lowest BCUT2D eigenvalue weighted by atomic mass is 9.97. The smallest absolute Gasteiger partial charge is 0.325 e. The van der Waals surface area contributed by atoms with Crippen LogP contribution in [0.3, 0.4) is 0 Å². The molecule has 1 aliphatic carbocycles. The van der Waals surface area contributed by atoms with Gasteiger partial charge < -0.3 is 4.74 Å². The molecule has 5 heteroatoms. The van der Waals surface area contributed by atoms with Crippen LogP contribution in [-0.4, -0.2) is 34.4 Å². The van der Waals surface area contributed by atoms with Crippen LogP contribution in [0.5, 0.6) is 0 Å². The van der Waals surface area contributed by atoms with Crippen molar-refractivity contribution in [3.63, 3.8) is 0 Å². The van der Waals surface area contributed by atoms with E-state index in [2.05, 4.69) is 10.4 Å². The van der Waals surface area contributed by atoms with E-state index in [-0.39, 0.29) is 5.97 Å². The number of carbonyl (C=O) groups is 1. The zero-order chi connectivity index (χ0) is 12.3. The molecule has 0 amide bonds. The van der Waals surface area contributed by atoms with Crippen molar-refractivity contribution < 1.29 is 9.53 Å². The fourth-order valence-electron chi connectivity index (χ4n) is 1.91. The van der Waals surface area contributed by atoms with Crippen molar-refractivity contribution in [1.82, 2.24) is 15.1 Å². The average molecular weight is 237 g/mol. The van der Waals surface area contributed by atoms with Crippen LogP contribution in [0.1, 0.15) is 26.2 Å². The summed E-state index contributed by atoms with van der Waals surface area (Å²) in [5.41, 5.74) is -0.609. The summed E-state index contributed by atoms with van der Waals surface area (Å²) in [6.45, 7) is 2.61. The summed E-state index contributed by atoms with van der Waals surface area (Å²) in [6, 6.07) is 2.35. The Morgan fingerprint density at radius 1 is 1.65 bits per heavy atom. The van der Waals surface area contributed by atoms with Crippen molar-refractivity contribution in [1.29, 1.82) is 0 Å². The van der Waals surface area contributed by atoms with Gasteiger partial charge in [-0.25, -0.2) is 0 Å². The third-order valence-corrected chi connectivity index (χ3v) is 3.14. The predicted octanol–water partition coefficient (Wildman–Crippen LogP) is 0.957. The molecule has 0 radical (unpaired) electrons. The minimum Gasteiger partial charge on any atom is -0.468 e. The molecule has 1 atom stereocenters. The highest BCUT2D eigenvalue weighted by atomic mass is 16.5. The number of rotatable bonds is 6. The van der Waals surface area contributed by atoms with Crippen LogP contribution < -0.4 is 5.32 Å². The predicted molar refractivity (Wildman–Crippen MR) is 63.4 cm³/mol. The molecular weight excluding hydrogens is 218 g/mol. The molecule has 1 unspecified atom stereocenters. The summed E-state index contributed by atoms with van der Waals surface area (Å²) in [5.74, 6) is -0.198. The van der Waals surface area contributed by atoms with Crippen LogP contribution >= 0.6 is 0 Å². The van der Waals surface area contributed by atoms with E-state index in [0.717, 1.165) is 12.8 Å². The number of esters is 1. The van der Waals surface area contributed by atoms with E-state index in [1.165, 1.54) is 7.11 Å². The number of nitrogens with zero attached hydrogens (tertiary/aromatic N) is 2. The first-order chi connectivity index (χ1) is 8.14. The van der Waals surface area contributed by atoms with Crippen LogP contribution in [0.2, 0.25) is 0 Å². The highest BCUT2D eigenvalue weighted by molar-refractivity contribution is 5.80. The average Bonchev–Trinajstić information content (AvgIpc) is 2.97. The lowest BCUT2D eigenvalue weighted by Crippen LogP contribution is -2.51. The molecule has 1 fully saturated rings. The van der Waals surface area contributed by atoms with Gasteiger partial charge in [0.25, 0.3) is 0 Å². The first kappa shape index (κ1) is 12.1. The first-order valence-corrected chi connectivity index (χ1v) is 5.97. The van der Waals surface area contributed by atoms with Gasteiger partial charge in [0, 0.05) is 25.0 Å². The zero-order valence-corrected chi connectivity index (χ0v) is 10.3. The molecule has 0 aromatic carbocycles. The Hall–Kier alpha value is -1.36. The van der Waals surface area contributed by atoms with Crippen molar-refractivity contribution in [3.8, 4) is 0 Å². The van der Waals surface area contributed by atoms with E-state index in [0.29, 0.717) is 19.0 Å². The summed E-state index contributed by atoms with van der Waals surface area (Å²) in [7, 11) is 1.43. The van der Waals surface area contributed by atoms with Gasteiger partial charge in [-0.05, 0) is 32.3 Å². The van der Waals surface area contributed by atoms with Gasteiger partial charge in [0.05, 0.1) is 7.11 Å². The van der Waals surface area contributed by atoms with E-state index in [1.807, 2.05) is 23.9 Å². The monoisotopic (exact) mass is 237 g/mol. The molecule has 5 nitrogen and oxygen atoms in total. The number of hydrogen-bond acceptors (Lipinski definition) is 4. The second kappa shape index (κ2) is 4.87. The van der Waals surface area contributed by atoms with Crippen LogP contribution in [0.25, 0.3) is 0 Å². The Kier molecular flexibility index (Phi) is 3.47. The SMILES string of the molecule is COC(=O)C(C)(CCn1cccn1)NC1CC1. The number of ether oxygens (including phenoxy) is 1. The third-order valence-electron chi connectivity index (χ3n) is 3.14. The summed E-state index contributed by atoms with van der Waals surface area (Å²) in [4.78, 5) is 11.8. The van der Waals surface area contributed by atoms with E-state index < -0.39 is 5.54 Å². The number of aryl methyl sites for hydroxylation is 1. The fourth-order valence-corrected chi connectivity index (χ4v) is 1.91. The Morgan fingerprint density at radius 2 is 2.41 bits per heavy atom. The van der Waals surface area contributed by atoms with E-state index in [9.17, 15) is 4.79 Å². The first-order valence-electron chi connectivity index (χ1n) is 5.97. The summed E-state index contributed by atoms with van der Waals surface area (Å²) in [6.07, 6.45) is 6.61. The molecule has 1 N–H and O–H groups in total. The van der Waals surface area contributed by atoms with Gasteiger partial charge in [0.1, 0.15) is 5.54 Å². The van der Waals surface area contributed by atoms with Crippen LogP contribution in [-0.2, 0) is 16.1 Å². The van der Waals surface area contributed by atoms with Crippen molar-refractivity contribution in [2.45, 2.75) is 44.3 Å². The van der Waals surface area contributed by atoms with Crippen molar-refractivity contribution in [2.75, 3.05) is 7.11 Å². The number of carbonyl (C=O) groups excluding carboxylic acids is 1. The Labute approximate surface area is 101 Å². The van der Waals surface area contributed by atoms with Crippen LogP contribution in [0, 0.1) is 0 Å². The van der Waals surface area contributed by atoms with Gasteiger partial charge in [-0.15, -0.1) is 0 Å². The molecule has 0 aliphatic heterocycles. The lowest BCUT2D eigenvalue weighted by Gasteiger charge is -2.28. The maximum Gasteiger partial charge on any atom is 0.325 e. The van der Waals surface area contributed by atoms with Gasteiger partial charge >= 0.3 is 5.97 Å². The maximum atomic E-state index is 11.8. The highest BCUT2D eigenvalue weighted by Gasteiger charge is 2.39. The molecule has 0 spiro atoms. The van der Waals surface area contributed by atoms with Crippen LogP contribution in [0.4, 0.5) is 0 Å². The molecule has 0 saturated heterocycles. The van der Waals surface area contributed by atoms with E-state index in [1.54, 1.807) is 6.20 Å². The standard InChI is InChI=1S/C12H19N3O2/c1-12(11(16)17-2,14-10-4-5-10)6-9-15-8-3-7-13-15/h3,7-8,10,14H,4-6,9H2,1-2H3. The second-order valence-electron chi connectivity index (χ2n) is 4.76. The van der Waals surface area contributed by atoms with Crippen molar-refractivity contribution >= 4 is 5.97 Å². The third kappa shape index (κ3) is 3.06. The molecule has 1 aromatic heterocycles. The molecule has 2 rings (SSSR count). The lowest BCUT2D eigenvalue weighted by molar-refractivity contribution is -0.148. The number of nitrogens with one attached hydrogen (secondary N) is 1. The largest absolute Gasteiger partial charge is 0.468 e. The minimum absolute atomic E-state index is 0.198. The van der Waals surface area contributed by atoms with Gasteiger partial charge in [0.15, 0.2) is 0 Å². The van der Waals surface area contributed by atoms with Gasteiger partial charge in [-0.2, -0.15) is 5.10 Å². The molecule has 17 heavy (non-hydrogen) atoms. The number of hydrogen-bond donors (Lipinski definition) is 1. The summed E-state index contributed by atoms with van der Waals surface area (Å²) in [5, 5.41) is 7.50.